The van der Waals surface area contributed by atoms with Crippen molar-refractivity contribution in [3.05, 3.63) is 136 Å². The Kier molecular flexibility index (Phi) is 16.7. The van der Waals surface area contributed by atoms with Gasteiger partial charge in [0.15, 0.2) is 16.8 Å². The molecule has 0 atom stereocenters. The summed E-state index contributed by atoms with van der Waals surface area (Å²) in [5.41, 5.74) is 13.6. The molecule has 0 saturated heterocycles. The third-order valence-corrected chi connectivity index (χ3v) is 9.75. The Labute approximate surface area is 355 Å². The smallest absolute Gasteiger partial charge is 0.251 e. The highest BCUT2D eigenvalue weighted by molar-refractivity contribution is 5.95. The lowest BCUT2D eigenvalue weighted by molar-refractivity contribution is -0.0104. The van der Waals surface area contributed by atoms with Gasteiger partial charge in [-0.2, -0.15) is 0 Å². The molecule has 0 radical (unpaired) electrons. The van der Waals surface area contributed by atoms with Crippen LogP contribution in [0.25, 0.3) is 33.7 Å². The van der Waals surface area contributed by atoms with Crippen molar-refractivity contribution in [3.8, 4) is 22.8 Å². The Bertz CT molecular complexity index is 2310. The molecule has 0 saturated carbocycles. The number of amides is 1. The van der Waals surface area contributed by atoms with E-state index in [0.717, 1.165) is 34.8 Å². The first-order valence-corrected chi connectivity index (χ1v) is 20.3. The zero-order valence-corrected chi connectivity index (χ0v) is 34.5. The largest absolute Gasteiger partial charge is 0.504 e. The lowest BCUT2D eigenvalue weighted by Crippen LogP contribution is -2.27. The quantitative estimate of drug-likeness (QED) is 0.0449. The number of ether oxygens (including phenoxy) is 6. The summed E-state index contributed by atoms with van der Waals surface area (Å²) in [5, 5.41) is 16.9. The van der Waals surface area contributed by atoms with Gasteiger partial charge in [-0.05, 0) is 35.9 Å². The van der Waals surface area contributed by atoms with E-state index in [4.69, 9.17) is 38.6 Å². The van der Waals surface area contributed by atoms with Crippen LogP contribution in [0.3, 0.4) is 0 Å². The Balaban J connectivity index is 0.771. The zero-order chi connectivity index (χ0) is 42.8. The highest BCUT2D eigenvalue weighted by atomic mass is 16.6. The van der Waals surface area contributed by atoms with Gasteiger partial charge in [-0.1, -0.05) is 67.3 Å². The fourth-order valence-electron chi connectivity index (χ4n) is 6.71. The number of nitrogens with one attached hydrogen (secondary N) is 2. The molecule has 61 heavy (non-hydrogen) atoms. The van der Waals surface area contributed by atoms with E-state index >= 15 is 0 Å². The SMILES string of the molecule is C=CCOc1c(O)ccc2c(=O)cc(-c3ccc(C(=O)NCCOCCOCCOCCOCCOCCN/C4=C(\N)c5ccccc5CN(C)c5ccccc54)cc3)oc12. The van der Waals surface area contributed by atoms with Crippen LogP contribution in [0.5, 0.6) is 11.5 Å². The van der Waals surface area contributed by atoms with Gasteiger partial charge in [0.1, 0.15) is 12.4 Å². The van der Waals surface area contributed by atoms with Crippen LogP contribution >= 0.6 is 0 Å². The Hall–Kier alpha value is -6.16. The van der Waals surface area contributed by atoms with Crippen LogP contribution in [-0.4, -0.2) is 104 Å². The summed E-state index contributed by atoms with van der Waals surface area (Å²) in [6, 6.07) is 27.4. The number of nitrogens with zero attached hydrogens (tertiary/aromatic N) is 1. The maximum absolute atomic E-state index is 12.8. The van der Waals surface area contributed by atoms with Crippen molar-refractivity contribution < 1.29 is 42.7 Å². The number of hydrogen-bond acceptors (Lipinski definition) is 13. The molecule has 0 aliphatic carbocycles. The van der Waals surface area contributed by atoms with Crippen molar-refractivity contribution in [2.75, 3.05) is 97.7 Å². The highest BCUT2D eigenvalue weighted by Crippen LogP contribution is 2.36. The van der Waals surface area contributed by atoms with E-state index in [1.165, 1.54) is 29.8 Å². The first-order chi connectivity index (χ1) is 29.9. The Morgan fingerprint density at radius 1 is 0.803 bits per heavy atom. The van der Waals surface area contributed by atoms with Gasteiger partial charge < -0.3 is 59.2 Å². The molecule has 0 unspecified atom stereocenters. The maximum atomic E-state index is 12.8. The van der Waals surface area contributed by atoms with E-state index < -0.39 is 0 Å². The Morgan fingerprint density at radius 3 is 2.08 bits per heavy atom. The number of phenolic OH excluding ortho intramolecular Hbond substituents is 1. The molecule has 322 valence electrons. The minimum atomic E-state index is -0.293. The summed E-state index contributed by atoms with van der Waals surface area (Å²) in [6.07, 6.45) is 1.52. The van der Waals surface area contributed by atoms with Crippen molar-refractivity contribution in [1.82, 2.24) is 10.6 Å². The number of hydrogen-bond donors (Lipinski definition) is 4. The van der Waals surface area contributed by atoms with Crippen LogP contribution in [0.15, 0.2) is 113 Å². The molecule has 14 heteroatoms. The summed E-state index contributed by atoms with van der Waals surface area (Å²) in [6.45, 7) is 9.71. The number of phenols is 1. The molecule has 1 aliphatic heterocycles. The number of nitrogens with two attached hydrogens (primary N) is 1. The molecule has 0 fully saturated rings. The molecule has 5 aromatic rings. The average molecular weight is 835 g/mol. The standard InChI is InChI=1S/C47H54N4O10/c1-3-20-60-46-40(52)17-16-38-41(53)31-42(61-45(38)46)33-12-14-34(15-13-33)47(54)50-19-22-56-24-26-58-28-30-59-29-27-57-25-23-55-21-18-49-44-37-10-6-7-11-39(37)51(2)32-35-8-4-5-9-36(35)43(44)48/h3-17,31,49,52H,1,18-30,32,48H2,2H3,(H,50,54)/b44-43-. The second-order valence-corrected chi connectivity index (χ2v) is 14.0. The molecule has 0 spiro atoms. The maximum Gasteiger partial charge on any atom is 0.251 e. The van der Waals surface area contributed by atoms with Gasteiger partial charge in [0.05, 0.1) is 82.8 Å². The number of rotatable bonds is 24. The Morgan fingerprint density at radius 2 is 1.41 bits per heavy atom. The van der Waals surface area contributed by atoms with Crippen LogP contribution in [0.4, 0.5) is 5.69 Å². The van der Waals surface area contributed by atoms with Crippen molar-refractivity contribution in [2.45, 2.75) is 6.54 Å². The van der Waals surface area contributed by atoms with Gasteiger partial charge in [-0.25, -0.2) is 0 Å². The molecule has 14 nitrogen and oxygen atoms in total. The molecule has 2 heterocycles. The minimum absolute atomic E-state index is 0.0600. The molecule has 4 aromatic carbocycles. The number of fused-ring (bicyclic) bond motifs is 3. The fourth-order valence-corrected chi connectivity index (χ4v) is 6.71. The third-order valence-electron chi connectivity index (χ3n) is 9.75. The monoisotopic (exact) mass is 834 g/mol. The lowest BCUT2D eigenvalue weighted by atomic mass is 9.96. The van der Waals surface area contributed by atoms with Gasteiger partial charge in [-0.15, -0.1) is 0 Å². The molecular formula is C47H54N4O10. The summed E-state index contributed by atoms with van der Waals surface area (Å²) >= 11 is 0. The van der Waals surface area contributed by atoms with E-state index in [1.54, 1.807) is 24.3 Å². The first-order valence-electron chi connectivity index (χ1n) is 20.3. The normalized spacial score (nSPS) is 13.6. The van der Waals surface area contributed by atoms with Crippen LogP contribution in [-0.2, 0) is 30.2 Å². The topological polar surface area (TPSA) is 176 Å². The summed E-state index contributed by atoms with van der Waals surface area (Å²) in [5.74, 6) is -0.0945. The molecule has 6 rings (SSSR count). The molecular weight excluding hydrogens is 781 g/mol. The van der Waals surface area contributed by atoms with Gasteiger partial charge in [0.25, 0.3) is 5.91 Å². The second kappa shape index (κ2) is 23.0. The van der Waals surface area contributed by atoms with E-state index in [1.807, 2.05) is 24.3 Å². The fraction of sp³-hybridized carbons (Fsp3) is 0.319. The van der Waals surface area contributed by atoms with Crippen LogP contribution < -0.4 is 31.4 Å². The summed E-state index contributed by atoms with van der Waals surface area (Å²) in [4.78, 5) is 27.7. The minimum Gasteiger partial charge on any atom is -0.504 e. The van der Waals surface area contributed by atoms with Gasteiger partial charge in [0, 0.05) is 60.7 Å². The predicted octanol–water partition coefficient (Wildman–Crippen LogP) is 5.57. The number of benzene rings is 4. The third kappa shape index (κ3) is 12.2. The van der Waals surface area contributed by atoms with Crippen molar-refractivity contribution >= 4 is 34.0 Å². The summed E-state index contributed by atoms with van der Waals surface area (Å²) in [7, 11) is 2.10. The van der Waals surface area contributed by atoms with Crippen molar-refractivity contribution in [3.63, 3.8) is 0 Å². The number of anilines is 1. The molecule has 1 aliphatic rings. The number of para-hydroxylation sites is 1. The zero-order valence-electron chi connectivity index (χ0n) is 34.5. The van der Waals surface area contributed by atoms with E-state index in [0.29, 0.717) is 90.3 Å². The second-order valence-electron chi connectivity index (χ2n) is 14.0. The van der Waals surface area contributed by atoms with Crippen LogP contribution in [0, 0.1) is 0 Å². The number of aromatic hydroxyl groups is 1. The number of carbonyl (C=O) groups excluding carboxylic acids is 1. The lowest BCUT2D eigenvalue weighted by Gasteiger charge is -2.29. The molecule has 1 amide bonds. The van der Waals surface area contributed by atoms with Gasteiger partial charge >= 0.3 is 0 Å². The van der Waals surface area contributed by atoms with Crippen LogP contribution in [0.2, 0.25) is 0 Å². The molecule has 5 N–H and O–H groups in total. The molecule has 0 bridgehead atoms. The van der Waals surface area contributed by atoms with Crippen LogP contribution in [0.1, 0.15) is 27.0 Å². The highest BCUT2D eigenvalue weighted by Gasteiger charge is 2.21. The van der Waals surface area contributed by atoms with E-state index in [-0.39, 0.29) is 46.2 Å². The van der Waals surface area contributed by atoms with E-state index in [9.17, 15) is 14.7 Å². The summed E-state index contributed by atoms with van der Waals surface area (Å²) < 4.78 is 39.7. The van der Waals surface area contributed by atoms with E-state index in [2.05, 4.69) is 53.4 Å². The van der Waals surface area contributed by atoms with Crippen molar-refractivity contribution in [1.29, 1.82) is 0 Å². The predicted molar refractivity (Wildman–Crippen MR) is 236 cm³/mol. The van der Waals surface area contributed by atoms with Crippen molar-refractivity contribution in [2.24, 2.45) is 5.73 Å². The van der Waals surface area contributed by atoms with Gasteiger partial charge in [0.2, 0.25) is 5.75 Å². The average Bonchev–Trinajstić information content (AvgIpc) is 3.27. The first kappa shape index (κ1) is 44.4. The molecule has 1 aromatic heterocycles. The number of carbonyl (C=O) groups is 1. The van der Waals surface area contributed by atoms with Gasteiger partial charge in [-0.3, -0.25) is 9.59 Å².